The molecular weight excluding hydrogens is 282 g/mol. The Morgan fingerprint density at radius 2 is 1.13 bits per heavy atom. The van der Waals surface area contributed by atoms with Crippen LogP contribution >= 0.6 is 0 Å². The van der Waals surface area contributed by atoms with Gasteiger partial charge in [0.2, 0.25) is 0 Å². The minimum absolute atomic E-state index is 0.113. The van der Waals surface area contributed by atoms with Gasteiger partial charge in [-0.05, 0) is 12.8 Å². The van der Waals surface area contributed by atoms with Gasteiger partial charge in [-0.15, -0.1) is 0 Å². The molecule has 1 aliphatic heterocycles. The summed E-state index contributed by atoms with van der Waals surface area (Å²) in [6.45, 7) is 4.28. The molecule has 3 rings (SSSR count). The summed E-state index contributed by atoms with van der Waals surface area (Å²) in [7, 11) is 0. The second-order valence-electron chi connectivity index (χ2n) is 6.50. The Hall–Kier alpha value is -1.93. The van der Waals surface area contributed by atoms with Crippen LogP contribution in [0.15, 0.2) is 60.7 Å². The number of hydrogen-bond acceptors (Lipinski definition) is 1. The summed E-state index contributed by atoms with van der Waals surface area (Å²) in [5.41, 5.74) is 2.53. The third kappa shape index (κ3) is 3.09. The van der Waals surface area contributed by atoms with Crippen LogP contribution in [-0.4, -0.2) is 5.78 Å². The Kier molecular flexibility index (Phi) is 4.92. The monoisotopic (exact) mass is 308 g/mol. The van der Waals surface area contributed by atoms with Gasteiger partial charge >= 0.3 is 0 Å². The number of ketones is 1. The maximum atomic E-state index is 13.1. The summed E-state index contributed by atoms with van der Waals surface area (Å²) in [6.07, 6.45) is 1.82. The van der Waals surface area contributed by atoms with Gasteiger partial charge in [-0.3, -0.25) is 4.79 Å². The second kappa shape index (κ2) is 7.10. The number of quaternary nitrogens is 1. The molecule has 120 valence electrons. The predicted molar refractivity (Wildman–Crippen MR) is 92.9 cm³/mol. The lowest BCUT2D eigenvalue weighted by molar-refractivity contribution is -0.749. The molecule has 4 atom stereocenters. The summed E-state index contributed by atoms with van der Waals surface area (Å²) < 4.78 is 0. The fraction of sp³-hybridized carbons (Fsp3) is 0.381. The fourth-order valence-electron chi connectivity index (χ4n) is 4.07. The van der Waals surface area contributed by atoms with Crippen molar-refractivity contribution in [1.29, 1.82) is 0 Å². The Balaban J connectivity index is 1.99. The van der Waals surface area contributed by atoms with Gasteiger partial charge in [-0.2, -0.15) is 0 Å². The SMILES string of the molecule is CC[C@@H]1C(=O)[C@@H](CC)[C@H](c2ccccc2)[NH2+][C@@H]1c1ccccc1. The van der Waals surface area contributed by atoms with Gasteiger partial charge in [-0.1, -0.05) is 74.5 Å². The molecule has 2 aromatic carbocycles. The lowest BCUT2D eigenvalue weighted by atomic mass is 9.73. The van der Waals surface area contributed by atoms with Crippen molar-refractivity contribution in [3.63, 3.8) is 0 Å². The lowest BCUT2D eigenvalue weighted by Gasteiger charge is -2.38. The highest BCUT2D eigenvalue weighted by molar-refractivity contribution is 5.85. The molecule has 1 heterocycles. The summed E-state index contributed by atoms with van der Waals surface area (Å²) in [5, 5.41) is 2.44. The van der Waals surface area contributed by atoms with Crippen molar-refractivity contribution in [2.45, 2.75) is 38.8 Å². The minimum atomic E-state index is 0.113. The van der Waals surface area contributed by atoms with E-state index in [2.05, 4.69) is 67.7 Å². The molecule has 0 aliphatic carbocycles. The van der Waals surface area contributed by atoms with Crippen LogP contribution in [0.3, 0.4) is 0 Å². The number of nitrogens with two attached hydrogens (primary N) is 1. The quantitative estimate of drug-likeness (QED) is 0.918. The van der Waals surface area contributed by atoms with E-state index in [1.807, 2.05) is 12.1 Å². The first kappa shape index (κ1) is 15.9. The molecule has 2 aromatic rings. The Bertz CT molecular complexity index is 582. The number of Topliss-reactive ketones (excluding diaryl/α,β-unsaturated/α-hetero) is 1. The van der Waals surface area contributed by atoms with Gasteiger partial charge < -0.3 is 5.32 Å². The van der Waals surface area contributed by atoms with Crippen LogP contribution in [0.1, 0.15) is 49.9 Å². The van der Waals surface area contributed by atoms with Gasteiger partial charge in [0.25, 0.3) is 0 Å². The molecule has 0 spiro atoms. The largest absolute Gasteiger partial charge is 0.333 e. The first-order valence-electron chi connectivity index (χ1n) is 8.74. The second-order valence-corrected chi connectivity index (χ2v) is 6.50. The Morgan fingerprint density at radius 1 is 0.739 bits per heavy atom. The van der Waals surface area contributed by atoms with Crippen LogP contribution in [0, 0.1) is 11.8 Å². The number of carbonyl (C=O) groups excluding carboxylic acids is 1. The van der Waals surface area contributed by atoms with Crippen LogP contribution in [0.5, 0.6) is 0 Å². The molecule has 2 heteroatoms. The molecule has 0 saturated carbocycles. The van der Waals surface area contributed by atoms with Crippen molar-refractivity contribution in [3.05, 3.63) is 71.8 Å². The summed E-state index contributed by atoms with van der Waals surface area (Å²) >= 11 is 0. The van der Waals surface area contributed by atoms with Gasteiger partial charge in [0.1, 0.15) is 12.1 Å². The Labute approximate surface area is 138 Å². The van der Waals surface area contributed by atoms with Crippen molar-refractivity contribution < 1.29 is 10.1 Å². The normalized spacial score (nSPS) is 27.8. The average molecular weight is 308 g/mol. The van der Waals surface area contributed by atoms with E-state index >= 15 is 0 Å². The molecule has 1 aliphatic rings. The Morgan fingerprint density at radius 3 is 1.48 bits per heavy atom. The maximum absolute atomic E-state index is 13.1. The van der Waals surface area contributed by atoms with Gasteiger partial charge in [0.05, 0.1) is 11.8 Å². The van der Waals surface area contributed by atoms with Crippen LogP contribution in [0.2, 0.25) is 0 Å². The molecule has 0 amide bonds. The summed E-state index contributed by atoms with van der Waals surface area (Å²) in [6, 6.07) is 21.5. The average Bonchev–Trinajstić information content (AvgIpc) is 2.62. The minimum Gasteiger partial charge on any atom is -0.333 e. The van der Waals surface area contributed by atoms with E-state index in [1.54, 1.807) is 0 Å². The molecule has 1 saturated heterocycles. The molecule has 2 N–H and O–H groups in total. The van der Waals surface area contributed by atoms with Crippen LogP contribution in [0.25, 0.3) is 0 Å². The summed E-state index contributed by atoms with van der Waals surface area (Å²) in [4.78, 5) is 13.1. The number of piperidine rings is 1. The fourth-order valence-corrected chi connectivity index (χ4v) is 4.07. The van der Waals surface area contributed by atoms with E-state index in [0.717, 1.165) is 12.8 Å². The first-order valence-corrected chi connectivity index (χ1v) is 8.74. The molecule has 2 nitrogen and oxygen atoms in total. The van der Waals surface area contributed by atoms with E-state index in [9.17, 15) is 4.79 Å². The van der Waals surface area contributed by atoms with Crippen molar-refractivity contribution in [1.82, 2.24) is 0 Å². The molecule has 1 fully saturated rings. The molecule has 23 heavy (non-hydrogen) atoms. The molecule has 0 radical (unpaired) electrons. The number of rotatable bonds is 4. The van der Waals surface area contributed by atoms with E-state index in [0.29, 0.717) is 5.78 Å². The van der Waals surface area contributed by atoms with Crippen LogP contribution in [0.4, 0.5) is 0 Å². The highest BCUT2D eigenvalue weighted by atomic mass is 16.1. The topological polar surface area (TPSA) is 33.7 Å². The smallest absolute Gasteiger partial charge is 0.151 e. The zero-order valence-corrected chi connectivity index (χ0v) is 14.0. The van der Waals surface area contributed by atoms with E-state index in [1.165, 1.54) is 11.1 Å². The molecular formula is C21H26NO+. The number of benzene rings is 2. The van der Waals surface area contributed by atoms with Gasteiger partial charge in [-0.25, -0.2) is 0 Å². The van der Waals surface area contributed by atoms with Crippen LogP contribution < -0.4 is 5.32 Å². The van der Waals surface area contributed by atoms with E-state index in [-0.39, 0.29) is 23.9 Å². The van der Waals surface area contributed by atoms with Crippen molar-refractivity contribution in [2.75, 3.05) is 0 Å². The maximum Gasteiger partial charge on any atom is 0.151 e. The standard InChI is InChI=1S/C21H25NO/c1-3-17-19(15-11-7-5-8-12-15)22-20(18(4-2)21(17)23)16-13-9-6-10-14-16/h5-14,17-20,22H,3-4H2,1-2H3/p+1/t17-,18-,19-,20+/m0/s1. The zero-order valence-electron chi connectivity index (χ0n) is 14.0. The molecule has 0 unspecified atom stereocenters. The highest BCUT2D eigenvalue weighted by Gasteiger charge is 2.46. The van der Waals surface area contributed by atoms with Crippen LogP contribution in [-0.2, 0) is 4.79 Å². The predicted octanol–water partition coefficient (Wildman–Crippen LogP) is 3.67. The third-order valence-electron chi connectivity index (χ3n) is 5.26. The van der Waals surface area contributed by atoms with Crippen molar-refractivity contribution in [2.24, 2.45) is 11.8 Å². The lowest BCUT2D eigenvalue weighted by Crippen LogP contribution is -2.91. The number of carbonyl (C=O) groups is 1. The van der Waals surface area contributed by atoms with Gasteiger partial charge in [0.15, 0.2) is 5.78 Å². The molecule has 0 aromatic heterocycles. The first-order chi connectivity index (χ1) is 11.3. The zero-order chi connectivity index (χ0) is 16.2. The van der Waals surface area contributed by atoms with E-state index < -0.39 is 0 Å². The van der Waals surface area contributed by atoms with Gasteiger partial charge in [0, 0.05) is 11.1 Å². The third-order valence-corrected chi connectivity index (χ3v) is 5.26. The number of hydrogen-bond donors (Lipinski definition) is 1. The van der Waals surface area contributed by atoms with Crippen molar-refractivity contribution >= 4 is 5.78 Å². The highest BCUT2D eigenvalue weighted by Crippen LogP contribution is 2.35. The summed E-state index contributed by atoms with van der Waals surface area (Å²) in [5.74, 6) is 0.671. The van der Waals surface area contributed by atoms with Crippen molar-refractivity contribution in [3.8, 4) is 0 Å². The molecule has 0 bridgehead atoms. The van der Waals surface area contributed by atoms with E-state index in [4.69, 9.17) is 0 Å².